The summed E-state index contributed by atoms with van der Waals surface area (Å²) in [6.45, 7) is 1.52. The molecule has 19 heavy (non-hydrogen) atoms. The van der Waals surface area contributed by atoms with Crippen molar-refractivity contribution in [3.8, 4) is 0 Å². The minimum Gasteiger partial charge on any atom is -0.478 e. The highest BCUT2D eigenvalue weighted by Gasteiger charge is 2.16. The molecule has 0 aliphatic carbocycles. The number of hydrogen-bond donors (Lipinski definition) is 2. The lowest BCUT2D eigenvalue weighted by atomic mass is 10.2. The van der Waals surface area contributed by atoms with E-state index in [0.717, 1.165) is 0 Å². The van der Waals surface area contributed by atoms with Crippen LogP contribution in [0.15, 0.2) is 18.3 Å². The average molecular weight is 268 g/mol. The highest BCUT2D eigenvalue weighted by molar-refractivity contribution is 6.03. The number of aromatic nitrogens is 1. The van der Waals surface area contributed by atoms with E-state index in [0.29, 0.717) is 19.8 Å². The van der Waals surface area contributed by atoms with Crippen molar-refractivity contribution in [1.29, 1.82) is 0 Å². The molecule has 0 fully saturated rings. The monoisotopic (exact) mass is 268 g/mol. The van der Waals surface area contributed by atoms with Gasteiger partial charge in [0.05, 0.1) is 25.4 Å². The van der Waals surface area contributed by atoms with Crippen molar-refractivity contribution in [1.82, 2.24) is 10.3 Å². The van der Waals surface area contributed by atoms with Crippen molar-refractivity contribution in [3.63, 3.8) is 0 Å². The van der Waals surface area contributed by atoms with Gasteiger partial charge in [-0.15, -0.1) is 0 Å². The molecule has 0 aromatic carbocycles. The second-order valence-electron chi connectivity index (χ2n) is 3.57. The van der Waals surface area contributed by atoms with Crippen LogP contribution in [-0.4, -0.2) is 55.4 Å². The second kappa shape index (κ2) is 8.17. The van der Waals surface area contributed by atoms with Crippen molar-refractivity contribution in [3.05, 3.63) is 29.6 Å². The lowest BCUT2D eigenvalue weighted by Gasteiger charge is -2.07. The van der Waals surface area contributed by atoms with Crippen LogP contribution in [0.3, 0.4) is 0 Å². The van der Waals surface area contributed by atoms with Crippen LogP contribution in [0.4, 0.5) is 0 Å². The Morgan fingerprint density at radius 1 is 1.37 bits per heavy atom. The SMILES string of the molecule is COCCOCCNC(=O)c1ncccc1C(=O)O. The summed E-state index contributed by atoms with van der Waals surface area (Å²) >= 11 is 0. The molecule has 2 N–H and O–H groups in total. The van der Waals surface area contributed by atoms with Gasteiger partial charge in [-0.2, -0.15) is 0 Å². The van der Waals surface area contributed by atoms with Crippen molar-refractivity contribution in [2.45, 2.75) is 0 Å². The van der Waals surface area contributed by atoms with Crippen LogP contribution in [0.5, 0.6) is 0 Å². The van der Waals surface area contributed by atoms with Gasteiger partial charge < -0.3 is 19.9 Å². The Balaban J connectivity index is 2.43. The predicted octanol–water partition coefficient (Wildman–Crippen LogP) is 0.173. The summed E-state index contributed by atoms with van der Waals surface area (Å²) in [7, 11) is 1.57. The molecule has 7 heteroatoms. The van der Waals surface area contributed by atoms with Gasteiger partial charge in [0.1, 0.15) is 5.69 Å². The number of carboxylic acid groups (broad SMARTS) is 1. The van der Waals surface area contributed by atoms with Gasteiger partial charge in [0.15, 0.2) is 0 Å². The molecule has 104 valence electrons. The molecule has 0 saturated carbocycles. The third-order valence-corrected chi connectivity index (χ3v) is 2.22. The van der Waals surface area contributed by atoms with E-state index in [1.807, 2.05) is 0 Å². The molecule has 1 amide bonds. The Morgan fingerprint density at radius 2 is 2.16 bits per heavy atom. The Labute approximate surface area is 110 Å². The Hall–Kier alpha value is -1.99. The molecular formula is C12H16N2O5. The van der Waals surface area contributed by atoms with Crippen molar-refractivity contribution in [2.24, 2.45) is 0 Å². The van der Waals surface area contributed by atoms with Gasteiger partial charge in [0.2, 0.25) is 0 Å². The van der Waals surface area contributed by atoms with E-state index in [-0.39, 0.29) is 17.8 Å². The Bertz CT molecular complexity index is 436. The zero-order chi connectivity index (χ0) is 14.1. The molecular weight excluding hydrogens is 252 g/mol. The summed E-state index contributed by atoms with van der Waals surface area (Å²) in [5.41, 5.74) is -0.229. The molecule has 7 nitrogen and oxygen atoms in total. The van der Waals surface area contributed by atoms with Crippen LogP contribution < -0.4 is 5.32 Å². The number of carbonyl (C=O) groups is 2. The third-order valence-electron chi connectivity index (χ3n) is 2.22. The number of nitrogens with one attached hydrogen (secondary N) is 1. The van der Waals surface area contributed by atoms with Crippen molar-refractivity contribution >= 4 is 11.9 Å². The van der Waals surface area contributed by atoms with Gasteiger partial charge in [-0.1, -0.05) is 0 Å². The summed E-state index contributed by atoms with van der Waals surface area (Å²) in [5.74, 6) is -1.72. The lowest BCUT2D eigenvalue weighted by Crippen LogP contribution is -2.29. The van der Waals surface area contributed by atoms with E-state index >= 15 is 0 Å². The molecule has 0 radical (unpaired) electrons. The van der Waals surface area contributed by atoms with E-state index in [1.54, 1.807) is 7.11 Å². The molecule has 0 bridgehead atoms. The van der Waals surface area contributed by atoms with Gasteiger partial charge in [0.25, 0.3) is 5.91 Å². The average Bonchev–Trinajstić information content (AvgIpc) is 2.42. The number of carboxylic acids is 1. The Morgan fingerprint density at radius 3 is 2.84 bits per heavy atom. The van der Waals surface area contributed by atoms with E-state index in [4.69, 9.17) is 14.6 Å². The maximum atomic E-state index is 11.7. The second-order valence-corrected chi connectivity index (χ2v) is 3.57. The number of pyridine rings is 1. The first kappa shape index (κ1) is 15.1. The first-order chi connectivity index (χ1) is 9.16. The number of hydrogen-bond acceptors (Lipinski definition) is 5. The number of amides is 1. The van der Waals surface area contributed by atoms with Crippen LogP contribution in [0.1, 0.15) is 20.8 Å². The fraction of sp³-hybridized carbons (Fsp3) is 0.417. The van der Waals surface area contributed by atoms with Gasteiger partial charge >= 0.3 is 5.97 Å². The van der Waals surface area contributed by atoms with Crippen LogP contribution in [0, 0.1) is 0 Å². The molecule has 1 aromatic rings. The zero-order valence-corrected chi connectivity index (χ0v) is 10.6. The maximum absolute atomic E-state index is 11.7. The number of aromatic carboxylic acids is 1. The summed E-state index contributed by atoms with van der Waals surface area (Å²) in [6, 6.07) is 2.80. The summed E-state index contributed by atoms with van der Waals surface area (Å²) in [6.07, 6.45) is 1.37. The van der Waals surface area contributed by atoms with Gasteiger partial charge in [-0.3, -0.25) is 9.78 Å². The van der Waals surface area contributed by atoms with Crippen LogP contribution >= 0.6 is 0 Å². The number of nitrogens with zero attached hydrogens (tertiary/aromatic N) is 1. The number of carbonyl (C=O) groups excluding carboxylic acids is 1. The third kappa shape index (κ3) is 5.02. The van der Waals surface area contributed by atoms with Crippen LogP contribution in [-0.2, 0) is 9.47 Å². The molecule has 0 spiro atoms. The van der Waals surface area contributed by atoms with Gasteiger partial charge in [0, 0.05) is 19.9 Å². The minimum absolute atomic E-state index is 0.105. The number of methoxy groups -OCH3 is 1. The van der Waals surface area contributed by atoms with E-state index in [2.05, 4.69) is 10.3 Å². The quantitative estimate of drug-likeness (QED) is 0.652. The first-order valence-corrected chi connectivity index (χ1v) is 5.70. The van der Waals surface area contributed by atoms with Gasteiger partial charge in [-0.25, -0.2) is 4.79 Å². The fourth-order valence-electron chi connectivity index (χ4n) is 1.32. The molecule has 0 aliphatic rings. The van der Waals surface area contributed by atoms with E-state index in [9.17, 15) is 9.59 Å². The predicted molar refractivity (Wildman–Crippen MR) is 66.2 cm³/mol. The first-order valence-electron chi connectivity index (χ1n) is 5.70. The van der Waals surface area contributed by atoms with Crippen molar-refractivity contribution in [2.75, 3.05) is 33.5 Å². The van der Waals surface area contributed by atoms with Crippen LogP contribution in [0.25, 0.3) is 0 Å². The molecule has 1 aromatic heterocycles. The van der Waals surface area contributed by atoms with E-state index in [1.165, 1.54) is 18.3 Å². The molecule has 0 unspecified atom stereocenters. The molecule has 1 heterocycles. The highest BCUT2D eigenvalue weighted by atomic mass is 16.5. The lowest BCUT2D eigenvalue weighted by molar-refractivity contribution is 0.0675. The fourth-order valence-corrected chi connectivity index (χ4v) is 1.32. The summed E-state index contributed by atoms with van der Waals surface area (Å²) in [4.78, 5) is 26.4. The largest absolute Gasteiger partial charge is 0.478 e. The molecule has 0 aliphatic heterocycles. The highest BCUT2D eigenvalue weighted by Crippen LogP contribution is 2.04. The molecule has 0 saturated heterocycles. The number of rotatable bonds is 8. The molecule has 0 atom stereocenters. The Kier molecular flexibility index (Phi) is 6.48. The summed E-state index contributed by atoms with van der Waals surface area (Å²) in [5, 5.41) is 11.5. The van der Waals surface area contributed by atoms with Gasteiger partial charge in [-0.05, 0) is 12.1 Å². The summed E-state index contributed by atoms with van der Waals surface area (Å²) < 4.78 is 9.95. The minimum atomic E-state index is -1.19. The maximum Gasteiger partial charge on any atom is 0.338 e. The standard InChI is InChI=1S/C12H16N2O5/c1-18-7-8-19-6-5-14-11(15)10-9(12(16)17)3-2-4-13-10/h2-4H,5-8H2,1H3,(H,14,15)(H,16,17). The number of ether oxygens (including phenoxy) is 2. The van der Waals surface area contributed by atoms with E-state index < -0.39 is 11.9 Å². The normalized spacial score (nSPS) is 10.2. The smallest absolute Gasteiger partial charge is 0.338 e. The topological polar surface area (TPSA) is 97.8 Å². The zero-order valence-electron chi connectivity index (χ0n) is 10.6. The molecule has 1 rings (SSSR count). The van der Waals surface area contributed by atoms with Crippen molar-refractivity contribution < 1.29 is 24.2 Å². The van der Waals surface area contributed by atoms with Crippen LogP contribution in [0.2, 0.25) is 0 Å².